The van der Waals surface area contributed by atoms with Crippen molar-refractivity contribution >= 4 is 17.9 Å². The highest BCUT2D eigenvalue weighted by Gasteiger charge is 2.30. The lowest BCUT2D eigenvalue weighted by Crippen LogP contribution is -2.41. The van der Waals surface area contributed by atoms with Gasteiger partial charge < -0.3 is 25.6 Å². The fraction of sp³-hybridized carbons (Fsp3) is 0.737. The predicted octanol–water partition coefficient (Wildman–Crippen LogP) is 1.73. The van der Waals surface area contributed by atoms with Crippen molar-refractivity contribution in [3.05, 3.63) is 11.8 Å². The molecule has 2 aliphatic heterocycles. The van der Waals surface area contributed by atoms with E-state index in [0.29, 0.717) is 31.0 Å². The molecular formula is C19H30N6O2. The van der Waals surface area contributed by atoms with Crippen LogP contribution in [0.3, 0.4) is 0 Å². The van der Waals surface area contributed by atoms with Crippen molar-refractivity contribution in [2.45, 2.75) is 56.6 Å². The summed E-state index contributed by atoms with van der Waals surface area (Å²) in [5, 5.41) is 3.33. The molecule has 3 fully saturated rings. The fourth-order valence-electron chi connectivity index (χ4n) is 4.11. The third-order valence-electron chi connectivity index (χ3n) is 6.16. The zero-order chi connectivity index (χ0) is 18.8. The minimum Gasteiger partial charge on any atom is -0.446 e. The second-order valence-corrected chi connectivity index (χ2v) is 7.93. The van der Waals surface area contributed by atoms with E-state index in [1.165, 1.54) is 6.42 Å². The van der Waals surface area contributed by atoms with Gasteiger partial charge in [-0.3, -0.25) is 0 Å². The largest absolute Gasteiger partial charge is 0.446 e. The monoisotopic (exact) mass is 374 g/mol. The lowest BCUT2D eigenvalue weighted by atomic mass is 9.93. The molecule has 1 aromatic heterocycles. The average Bonchev–Trinajstić information content (AvgIpc) is 3.13. The Morgan fingerprint density at radius 2 is 1.96 bits per heavy atom. The fourth-order valence-corrected chi connectivity index (χ4v) is 4.11. The van der Waals surface area contributed by atoms with E-state index in [0.717, 1.165) is 56.7 Å². The number of carbonyl (C=O) groups is 1. The molecule has 3 aliphatic rings. The predicted molar refractivity (Wildman–Crippen MR) is 104 cm³/mol. The van der Waals surface area contributed by atoms with Crippen molar-refractivity contribution in [2.75, 3.05) is 43.9 Å². The van der Waals surface area contributed by atoms with Crippen molar-refractivity contribution in [3.8, 4) is 0 Å². The number of nitrogen functional groups attached to an aromatic ring is 1. The molecule has 8 heteroatoms. The van der Waals surface area contributed by atoms with E-state index in [1.54, 1.807) is 0 Å². The van der Waals surface area contributed by atoms with Gasteiger partial charge in [0.05, 0.1) is 5.69 Å². The Kier molecular flexibility index (Phi) is 5.33. The zero-order valence-electron chi connectivity index (χ0n) is 16.1. The molecule has 1 saturated carbocycles. The van der Waals surface area contributed by atoms with Gasteiger partial charge in [-0.1, -0.05) is 0 Å². The third kappa shape index (κ3) is 4.10. The van der Waals surface area contributed by atoms with E-state index in [4.69, 9.17) is 10.5 Å². The molecule has 0 spiro atoms. The molecule has 1 aliphatic carbocycles. The van der Waals surface area contributed by atoms with Crippen molar-refractivity contribution in [1.29, 1.82) is 0 Å². The van der Waals surface area contributed by atoms with Gasteiger partial charge in [-0.2, -0.15) is 4.98 Å². The van der Waals surface area contributed by atoms with E-state index in [1.807, 2.05) is 11.9 Å². The summed E-state index contributed by atoms with van der Waals surface area (Å²) in [6.07, 6.45) is 6.05. The Bertz CT molecular complexity index is 672. The molecule has 4 rings (SSSR count). The Labute approximate surface area is 160 Å². The molecule has 0 bridgehead atoms. The highest BCUT2D eigenvalue weighted by molar-refractivity contribution is 5.68. The molecule has 0 radical (unpaired) electrons. The minimum atomic E-state index is -0.156. The maximum absolute atomic E-state index is 12.2. The SMILES string of the molecule is CN[C@@H]1CCN(c2cc(C3CCN(C(=O)OC4CCC4)CC3)nc(N)n2)C1. The molecular weight excluding hydrogens is 344 g/mol. The van der Waals surface area contributed by atoms with Crippen molar-refractivity contribution in [3.63, 3.8) is 0 Å². The molecule has 1 amide bonds. The topological polar surface area (TPSA) is 96.6 Å². The molecule has 0 unspecified atom stereocenters. The van der Waals surface area contributed by atoms with E-state index >= 15 is 0 Å². The molecule has 148 valence electrons. The third-order valence-corrected chi connectivity index (χ3v) is 6.16. The van der Waals surface area contributed by atoms with Gasteiger partial charge in [0.15, 0.2) is 0 Å². The first kappa shape index (κ1) is 18.3. The second kappa shape index (κ2) is 7.88. The first-order valence-electron chi connectivity index (χ1n) is 10.1. The smallest absolute Gasteiger partial charge is 0.410 e. The summed E-state index contributed by atoms with van der Waals surface area (Å²) >= 11 is 0. The number of hydrogen-bond acceptors (Lipinski definition) is 7. The summed E-state index contributed by atoms with van der Waals surface area (Å²) in [5.41, 5.74) is 7.00. The lowest BCUT2D eigenvalue weighted by Gasteiger charge is -2.34. The van der Waals surface area contributed by atoms with Crippen LogP contribution in [0.25, 0.3) is 0 Å². The zero-order valence-corrected chi connectivity index (χ0v) is 16.1. The number of amides is 1. The Morgan fingerprint density at radius 3 is 2.59 bits per heavy atom. The number of likely N-dealkylation sites (N-methyl/N-ethyl adjacent to an activating group) is 1. The number of ether oxygens (including phenoxy) is 1. The number of likely N-dealkylation sites (tertiary alicyclic amines) is 1. The van der Waals surface area contributed by atoms with Gasteiger partial charge in [0.1, 0.15) is 11.9 Å². The highest BCUT2D eigenvalue weighted by Crippen LogP contribution is 2.31. The summed E-state index contributed by atoms with van der Waals surface area (Å²) in [6, 6.07) is 2.58. The van der Waals surface area contributed by atoms with Crippen molar-refractivity contribution in [1.82, 2.24) is 20.2 Å². The highest BCUT2D eigenvalue weighted by atomic mass is 16.6. The van der Waals surface area contributed by atoms with Crippen LogP contribution >= 0.6 is 0 Å². The first-order chi connectivity index (χ1) is 13.1. The molecule has 3 heterocycles. The van der Waals surface area contributed by atoms with E-state index in [9.17, 15) is 4.79 Å². The summed E-state index contributed by atoms with van der Waals surface area (Å²) < 4.78 is 5.52. The lowest BCUT2D eigenvalue weighted by molar-refractivity contribution is 0.0225. The summed E-state index contributed by atoms with van der Waals surface area (Å²) in [6.45, 7) is 3.34. The van der Waals surface area contributed by atoms with Crippen LogP contribution in [-0.2, 0) is 4.74 Å². The molecule has 1 aromatic rings. The molecule has 0 aromatic carbocycles. The number of anilines is 2. The van der Waals surface area contributed by atoms with Crippen molar-refractivity contribution < 1.29 is 9.53 Å². The van der Waals surface area contributed by atoms with Gasteiger partial charge >= 0.3 is 6.09 Å². The number of piperidine rings is 1. The van der Waals surface area contributed by atoms with Gasteiger partial charge in [0, 0.05) is 44.2 Å². The standard InChI is InChI=1S/C19H30N6O2/c1-21-14-7-10-25(12-14)17-11-16(22-18(20)23-17)13-5-8-24(9-6-13)19(26)27-15-3-2-4-15/h11,13-15,21H,2-10,12H2,1H3,(H2,20,22,23)/t14-/m1/s1. The van der Waals surface area contributed by atoms with Crippen LogP contribution < -0.4 is 16.0 Å². The van der Waals surface area contributed by atoms with Gasteiger partial charge in [-0.25, -0.2) is 9.78 Å². The van der Waals surface area contributed by atoms with Gasteiger partial charge in [-0.15, -0.1) is 0 Å². The number of carbonyl (C=O) groups excluding carboxylic acids is 1. The number of nitrogens with zero attached hydrogens (tertiary/aromatic N) is 4. The summed E-state index contributed by atoms with van der Waals surface area (Å²) in [4.78, 5) is 25.3. The van der Waals surface area contributed by atoms with Crippen LogP contribution in [0.4, 0.5) is 16.6 Å². The van der Waals surface area contributed by atoms with Gasteiger partial charge in [0.2, 0.25) is 5.95 Å². The molecule has 1 atom stereocenters. The Hall–Kier alpha value is -2.09. The summed E-state index contributed by atoms with van der Waals surface area (Å²) in [5.74, 6) is 1.56. The number of nitrogens with one attached hydrogen (secondary N) is 1. The second-order valence-electron chi connectivity index (χ2n) is 7.93. The number of hydrogen-bond donors (Lipinski definition) is 2. The van der Waals surface area contributed by atoms with Crippen LogP contribution in [-0.4, -0.2) is 66.3 Å². The number of aromatic nitrogens is 2. The minimum absolute atomic E-state index is 0.140. The maximum Gasteiger partial charge on any atom is 0.410 e. The van der Waals surface area contributed by atoms with Crippen LogP contribution in [0.5, 0.6) is 0 Å². The van der Waals surface area contributed by atoms with E-state index in [2.05, 4.69) is 26.3 Å². The van der Waals surface area contributed by atoms with E-state index in [-0.39, 0.29) is 12.2 Å². The van der Waals surface area contributed by atoms with E-state index < -0.39 is 0 Å². The Morgan fingerprint density at radius 1 is 1.19 bits per heavy atom. The molecule has 27 heavy (non-hydrogen) atoms. The molecule has 2 saturated heterocycles. The summed E-state index contributed by atoms with van der Waals surface area (Å²) in [7, 11) is 2.00. The normalized spacial score (nSPS) is 24.1. The van der Waals surface area contributed by atoms with Crippen LogP contribution in [0.15, 0.2) is 6.07 Å². The number of rotatable bonds is 4. The first-order valence-corrected chi connectivity index (χ1v) is 10.1. The number of nitrogens with two attached hydrogens (primary N) is 1. The quantitative estimate of drug-likeness (QED) is 0.828. The van der Waals surface area contributed by atoms with Crippen LogP contribution in [0, 0.1) is 0 Å². The van der Waals surface area contributed by atoms with Crippen LogP contribution in [0.1, 0.15) is 50.1 Å². The molecule has 3 N–H and O–H groups in total. The molecule has 8 nitrogen and oxygen atoms in total. The van der Waals surface area contributed by atoms with Gasteiger partial charge in [-0.05, 0) is 45.6 Å². The van der Waals surface area contributed by atoms with Crippen molar-refractivity contribution in [2.24, 2.45) is 0 Å². The van der Waals surface area contributed by atoms with Gasteiger partial charge in [0.25, 0.3) is 0 Å². The maximum atomic E-state index is 12.2. The Balaban J connectivity index is 1.37. The van der Waals surface area contributed by atoms with Crippen LogP contribution in [0.2, 0.25) is 0 Å². The average molecular weight is 374 g/mol.